The van der Waals surface area contributed by atoms with Crippen molar-refractivity contribution in [1.29, 1.82) is 0 Å². The van der Waals surface area contributed by atoms with Crippen LogP contribution in [0.3, 0.4) is 0 Å². The Morgan fingerprint density at radius 2 is 2.10 bits per heavy atom. The number of nitrogens with zero attached hydrogens (tertiary/aromatic N) is 1. The number of aromatic nitrogens is 2. The molecule has 21 heavy (non-hydrogen) atoms. The predicted molar refractivity (Wildman–Crippen MR) is 74.9 cm³/mol. The third-order valence-corrected chi connectivity index (χ3v) is 3.94. The van der Waals surface area contributed by atoms with E-state index in [4.69, 9.17) is 4.74 Å². The molecule has 0 saturated heterocycles. The summed E-state index contributed by atoms with van der Waals surface area (Å²) in [4.78, 5) is 37.8. The molecule has 0 spiro atoms. The molecule has 0 amide bonds. The molecule has 1 aromatic carbocycles. The first-order valence-electron chi connectivity index (χ1n) is 6.56. The number of fused-ring (bicyclic) bond motifs is 1. The van der Waals surface area contributed by atoms with Gasteiger partial charge in [-0.05, 0) is 25.0 Å². The van der Waals surface area contributed by atoms with Crippen LogP contribution in [0.4, 0.5) is 0 Å². The van der Waals surface area contributed by atoms with Crippen molar-refractivity contribution >= 4 is 17.0 Å². The minimum Gasteiger partial charge on any atom is -0.478 e. The summed E-state index contributed by atoms with van der Waals surface area (Å²) in [6, 6.07) is 4.33. The Balaban J connectivity index is 2.30. The largest absolute Gasteiger partial charge is 0.478 e. The highest BCUT2D eigenvalue weighted by Gasteiger charge is 2.33. The van der Waals surface area contributed by atoms with Crippen LogP contribution < -0.4 is 11.1 Å². The van der Waals surface area contributed by atoms with Crippen molar-refractivity contribution in [2.75, 3.05) is 7.11 Å². The van der Waals surface area contributed by atoms with Crippen LogP contribution >= 0.6 is 0 Å². The summed E-state index contributed by atoms with van der Waals surface area (Å²) in [5, 5.41) is 9.31. The van der Waals surface area contributed by atoms with Crippen molar-refractivity contribution in [3.63, 3.8) is 0 Å². The van der Waals surface area contributed by atoms with Crippen molar-refractivity contribution in [3.05, 3.63) is 44.5 Å². The van der Waals surface area contributed by atoms with Crippen molar-refractivity contribution in [2.24, 2.45) is 0 Å². The van der Waals surface area contributed by atoms with E-state index in [1.807, 2.05) is 0 Å². The third-order valence-electron chi connectivity index (χ3n) is 3.94. The van der Waals surface area contributed by atoms with Crippen molar-refractivity contribution < 1.29 is 14.6 Å². The number of H-pyrrole nitrogens is 1. The summed E-state index contributed by atoms with van der Waals surface area (Å²) in [5.74, 6) is -1.14. The summed E-state index contributed by atoms with van der Waals surface area (Å²) < 4.78 is 6.48. The van der Waals surface area contributed by atoms with Crippen LogP contribution in [0, 0.1) is 0 Å². The minimum atomic E-state index is -1.14. The van der Waals surface area contributed by atoms with E-state index in [0.29, 0.717) is 18.4 Å². The molecule has 0 atom stereocenters. The first-order valence-corrected chi connectivity index (χ1v) is 6.56. The third kappa shape index (κ3) is 2.06. The normalized spacial score (nSPS) is 21.2. The first kappa shape index (κ1) is 13.6. The van der Waals surface area contributed by atoms with E-state index in [-0.39, 0.29) is 23.2 Å². The van der Waals surface area contributed by atoms with Gasteiger partial charge in [-0.15, -0.1) is 0 Å². The SMILES string of the molecule is COC1CC(n2c(=O)c(=O)[nH]c3cccc(C(=O)O)c32)C1. The number of ether oxygens (including phenoxy) is 1. The Kier molecular flexibility index (Phi) is 3.13. The Morgan fingerprint density at radius 1 is 1.38 bits per heavy atom. The van der Waals surface area contributed by atoms with E-state index in [9.17, 15) is 19.5 Å². The number of hydrogen-bond donors (Lipinski definition) is 2. The fourth-order valence-corrected chi connectivity index (χ4v) is 2.75. The molecule has 0 bridgehead atoms. The molecular formula is C14H14N2O5. The molecule has 2 N–H and O–H groups in total. The molecule has 0 unspecified atom stereocenters. The van der Waals surface area contributed by atoms with Gasteiger partial charge in [0.15, 0.2) is 0 Å². The highest BCUT2D eigenvalue weighted by atomic mass is 16.5. The van der Waals surface area contributed by atoms with Gasteiger partial charge < -0.3 is 14.8 Å². The van der Waals surface area contributed by atoms with Gasteiger partial charge >= 0.3 is 17.1 Å². The lowest BCUT2D eigenvalue weighted by Crippen LogP contribution is -2.44. The second-order valence-electron chi connectivity index (χ2n) is 5.12. The van der Waals surface area contributed by atoms with Crippen LogP contribution in [0.1, 0.15) is 29.2 Å². The summed E-state index contributed by atoms with van der Waals surface area (Å²) in [7, 11) is 1.59. The van der Waals surface area contributed by atoms with Gasteiger partial charge in [-0.25, -0.2) is 4.79 Å². The summed E-state index contributed by atoms with van der Waals surface area (Å²) in [6.07, 6.45) is 1.21. The second kappa shape index (κ2) is 4.85. The zero-order chi connectivity index (χ0) is 15.1. The van der Waals surface area contributed by atoms with Gasteiger partial charge in [-0.3, -0.25) is 14.2 Å². The Morgan fingerprint density at radius 3 is 2.71 bits per heavy atom. The highest BCUT2D eigenvalue weighted by Crippen LogP contribution is 2.35. The summed E-state index contributed by atoms with van der Waals surface area (Å²) >= 11 is 0. The minimum absolute atomic E-state index is 0.00159. The van der Waals surface area contributed by atoms with Crippen LogP contribution in [0.15, 0.2) is 27.8 Å². The van der Waals surface area contributed by atoms with E-state index in [0.717, 1.165) is 0 Å². The van der Waals surface area contributed by atoms with Gasteiger partial charge in [0.2, 0.25) is 0 Å². The smallest absolute Gasteiger partial charge is 0.337 e. The molecule has 7 nitrogen and oxygen atoms in total. The summed E-state index contributed by atoms with van der Waals surface area (Å²) in [5.41, 5.74) is -0.863. The Hall–Kier alpha value is -2.41. The fourth-order valence-electron chi connectivity index (χ4n) is 2.75. The van der Waals surface area contributed by atoms with Gasteiger partial charge in [-0.1, -0.05) is 6.07 Å². The van der Waals surface area contributed by atoms with Gasteiger partial charge in [0.05, 0.1) is 22.7 Å². The number of nitrogens with one attached hydrogen (secondary N) is 1. The van der Waals surface area contributed by atoms with Gasteiger partial charge in [0, 0.05) is 13.2 Å². The molecule has 0 aliphatic heterocycles. The number of benzene rings is 1. The van der Waals surface area contributed by atoms with Crippen molar-refractivity contribution in [2.45, 2.75) is 25.0 Å². The van der Waals surface area contributed by atoms with Crippen LogP contribution in [0.2, 0.25) is 0 Å². The topological polar surface area (TPSA) is 101 Å². The van der Waals surface area contributed by atoms with Gasteiger partial charge in [0.25, 0.3) is 0 Å². The molecule has 0 radical (unpaired) electrons. The molecule has 110 valence electrons. The van der Waals surface area contributed by atoms with Crippen molar-refractivity contribution in [3.8, 4) is 0 Å². The summed E-state index contributed by atoms with van der Waals surface area (Å²) in [6.45, 7) is 0. The van der Waals surface area contributed by atoms with E-state index in [1.165, 1.54) is 16.7 Å². The second-order valence-corrected chi connectivity index (χ2v) is 5.12. The van der Waals surface area contributed by atoms with E-state index < -0.39 is 17.1 Å². The number of aromatic carboxylic acids is 1. The number of carboxylic acids is 1. The first-order chi connectivity index (χ1) is 10.0. The quantitative estimate of drug-likeness (QED) is 0.812. The van der Waals surface area contributed by atoms with Crippen molar-refractivity contribution in [1.82, 2.24) is 9.55 Å². The average molecular weight is 290 g/mol. The average Bonchev–Trinajstić information content (AvgIpc) is 2.40. The number of carboxylic acid groups (broad SMARTS) is 1. The predicted octanol–water partition coefficient (Wildman–Crippen LogP) is 0.738. The molecule has 1 aliphatic rings. The van der Waals surface area contributed by atoms with E-state index in [1.54, 1.807) is 13.2 Å². The maximum absolute atomic E-state index is 12.2. The number of carbonyl (C=O) groups is 1. The zero-order valence-electron chi connectivity index (χ0n) is 11.3. The molecular weight excluding hydrogens is 276 g/mol. The van der Waals surface area contributed by atoms with Crippen LogP contribution in [-0.2, 0) is 4.74 Å². The fraction of sp³-hybridized carbons (Fsp3) is 0.357. The molecule has 1 heterocycles. The Labute approximate surface area is 118 Å². The molecule has 1 saturated carbocycles. The number of methoxy groups -OCH3 is 1. The number of rotatable bonds is 3. The molecule has 7 heteroatoms. The molecule has 2 aromatic rings. The lowest BCUT2D eigenvalue weighted by atomic mass is 9.88. The number of aromatic amines is 1. The number of hydrogen-bond acceptors (Lipinski definition) is 4. The van der Waals surface area contributed by atoms with Gasteiger partial charge in [-0.2, -0.15) is 0 Å². The monoisotopic (exact) mass is 290 g/mol. The van der Waals surface area contributed by atoms with E-state index >= 15 is 0 Å². The molecule has 1 aliphatic carbocycles. The Bertz CT molecular complexity index is 829. The molecule has 1 fully saturated rings. The zero-order valence-corrected chi connectivity index (χ0v) is 11.3. The number of para-hydroxylation sites is 1. The lowest BCUT2D eigenvalue weighted by Gasteiger charge is -2.36. The van der Waals surface area contributed by atoms with Crippen LogP contribution in [0.25, 0.3) is 11.0 Å². The lowest BCUT2D eigenvalue weighted by molar-refractivity contribution is 0.00633. The maximum atomic E-state index is 12.2. The molecule has 3 rings (SSSR count). The van der Waals surface area contributed by atoms with E-state index in [2.05, 4.69) is 4.98 Å². The standard InChI is InChI=1S/C14H14N2O5/c1-21-8-5-7(6-8)16-11-9(14(19)20)3-2-4-10(11)15-12(17)13(16)18/h2-4,7-8H,5-6H2,1H3,(H,15,17)(H,19,20). The van der Waals surface area contributed by atoms with Crippen LogP contribution in [-0.4, -0.2) is 33.8 Å². The maximum Gasteiger partial charge on any atom is 0.337 e. The van der Waals surface area contributed by atoms with Crippen LogP contribution in [0.5, 0.6) is 0 Å². The van der Waals surface area contributed by atoms with Gasteiger partial charge in [0.1, 0.15) is 0 Å². The highest BCUT2D eigenvalue weighted by molar-refractivity contribution is 6.00. The molecule has 1 aromatic heterocycles.